The lowest BCUT2D eigenvalue weighted by atomic mass is 9.88. The lowest BCUT2D eigenvalue weighted by Crippen LogP contribution is -2.29. The topological polar surface area (TPSA) is 27.0 Å². The maximum absolute atomic E-state index is 8.62. The molecule has 1 fully saturated rings. The molecule has 0 aromatic heterocycles. The third kappa shape index (κ3) is 3.31. The standard InChI is InChI=1S/C15H20N2/c1-17-10-7-14(8-11-17)15-6-2-4-13(12-15)5-3-9-16/h2,4,6,12,14H,3,5,7-8,10-11H2,1H3. The molecule has 2 nitrogen and oxygen atoms in total. The van der Waals surface area contributed by atoms with E-state index in [-0.39, 0.29) is 0 Å². The van der Waals surface area contributed by atoms with Crippen molar-refractivity contribution in [1.82, 2.24) is 4.90 Å². The summed E-state index contributed by atoms with van der Waals surface area (Å²) in [6.45, 7) is 2.40. The molecule has 2 rings (SSSR count). The van der Waals surface area contributed by atoms with Crippen molar-refractivity contribution in [3.05, 3.63) is 35.4 Å². The number of hydrogen-bond acceptors (Lipinski definition) is 2. The van der Waals surface area contributed by atoms with Crippen LogP contribution >= 0.6 is 0 Å². The quantitative estimate of drug-likeness (QED) is 0.795. The highest BCUT2D eigenvalue weighted by atomic mass is 15.1. The van der Waals surface area contributed by atoms with Gasteiger partial charge >= 0.3 is 0 Å². The molecule has 0 atom stereocenters. The summed E-state index contributed by atoms with van der Waals surface area (Å²) in [5, 5.41) is 8.62. The molecule has 17 heavy (non-hydrogen) atoms. The molecule has 0 aliphatic carbocycles. The Labute approximate surface area is 104 Å². The predicted molar refractivity (Wildman–Crippen MR) is 69.8 cm³/mol. The predicted octanol–water partition coefficient (Wildman–Crippen LogP) is 2.95. The fraction of sp³-hybridized carbons (Fsp3) is 0.533. The second-order valence-electron chi connectivity index (χ2n) is 4.98. The molecule has 1 aliphatic rings. The zero-order valence-corrected chi connectivity index (χ0v) is 10.5. The van der Waals surface area contributed by atoms with E-state index in [1.54, 1.807) is 0 Å². The third-order valence-corrected chi connectivity index (χ3v) is 3.67. The number of likely N-dealkylation sites (tertiary alicyclic amines) is 1. The van der Waals surface area contributed by atoms with Crippen LogP contribution in [-0.4, -0.2) is 25.0 Å². The molecule has 90 valence electrons. The number of nitriles is 1. The molecule has 0 saturated carbocycles. The van der Waals surface area contributed by atoms with Gasteiger partial charge in [-0.2, -0.15) is 5.26 Å². The highest BCUT2D eigenvalue weighted by Gasteiger charge is 2.18. The Morgan fingerprint density at radius 2 is 2.12 bits per heavy atom. The van der Waals surface area contributed by atoms with Crippen LogP contribution < -0.4 is 0 Å². The zero-order chi connectivity index (χ0) is 12.1. The van der Waals surface area contributed by atoms with E-state index in [2.05, 4.69) is 42.3 Å². The first-order chi connectivity index (χ1) is 8.29. The maximum atomic E-state index is 8.62. The van der Waals surface area contributed by atoms with E-state index in [4.69, 9.17) is 5.26 Å². The van der Waals surface area contributed by atoms with Crippen LogP contribution in [0.2, 0.25) is 0 Å². The molecular weight excluding hydrogens is 208 g/mol. The summed E-state index contributed by atoms with van der Waals surface area (Å²) in [6, 6.07) is 11.0. The van der Waals surface area contributed by atoms with E-state index < -0.39 is 0 Å². The second kappa shape index (κ2) is 5.84. The largest absolute Gasteiger partial charge is 0.306 e. The number of piperidine rings is 1. The second-order valence-corrected chi connectivity index (χ2v) is 4.98. The molecular formula is C15H20N2. The first-order valence-corrected chi connectivity index (χ1v) is 6.44. The third-order valence-electron chi connectivity index (χ3n) is 3.67. The lowest BCUT2D eigenvalue weighted by Gasteiger charge is -2.29. The van der Waals surface area contributed by atoms with E-state index in [1.165, 1.54) is 37.1 Å². The number of aryl methyl sites for hydroxylation is 1. The molecule has 1 aromatic rings. The summed E-state index contributed by atoms with van der Waals surface area (Å²) < 4.78 is 0. The molecule has 0 radical (unpaired) electrons. The van der Waals surface area contributed by atoms with Crippen molar-refractivity contribution in [2.45, 2.75) is 31.6 Å². The van der Waals surface area contributed by atoms with Crippen molar-refractivity contribution in [3.8, 4) is 6.07 Å². The first kappa shape index (κ1) is 12.1. The van der Waals surface area contributed by atoms with Crippen LogP contribution in [0.3, 0.4) is 0 Å². The van der Waals surface area contributed by atoms with Gasteiger partial charge in [0, 0.05) is 6.42 Å². The normalized spacial score (nSPS) is 17.9. The van der Waals surface area contributed by atoms with Crippen LogP contribution in [0.1, 0.15) is 36.3 Å². The van der Waals surface area contributed by atoms with E-state index >= 15 is 0 Å². The SMILES string of the molecule is CN1CCC(c2cccc(CCC#N)c2)CC1. The van der Waals surface area contributed by atoms with Gasteiger partial charge in [-0.25, -0.2) is 0 Å². The zero-order valence-electron chi connectivity index (χ0n) is 10.5. The van der Waals surface area contributed by atoms with E-state index in [0.717, 1.165) is 6.42 Å². The number of rotatable bonds is 3. The fourth-order valence-electron chi connectivity index (χ4n) is 2.54. The van der Waals surface area contributed by atoms with Gasteiger partial charge in [0.05, 0.1) is 6.07 Å². The molecule has 0 N–H and O–H groups in total. The minimum absolute atomic E-state index is 0.622. The van der Waals surface area contributed by atoms with E-state index in [9.17, 15) is 0 Å². The Bertz CT molecular complexity index is 398. The summed E-state index contributed by atoms with van der Waals surface area (Å²) in [5.41, 5.74) is 2.77. The summed E-state index contributed by atoms with van der Waals surface area (Å²) in [4.78, 5) is 2.40. The monoisotopic (exact) mass is 228 g/mol. The van der Waals surface area contributed by atoms with E-state index in [1.807, 2.05) is 0 Å². The summed E-state index contributed by atoms with van der Waals surface area (Å²) in [7, 11) is 2.19. The lowest BCUT2D eigenvalue weighted by molar-refractivity contribution is 0.255. The van der Waals surface area contributed by atoms with Gasteiger partial charge in [-0.1, -0.05) is 24.3 Å². The highest BCUT2D eigenvalue weighted by Crippen LogP contribution is 2.28. The number of hydrogen-bond donors (Lipinski definition) is 0. The molecule has 0 bridgehead atoms. The van der Waals surface area contributed by atoms with Crippen LogP contribution in [0.4, 0.5) is 0 Å². The van der Waals surface area contributed by atoms with Gasteiger partial charge in [-0.15, -0.1) is 0 Å². The molecule has 1 saturated heterocycles. The molecule has 0 unspecified atom stereocenters. The molecule has 1 aromatic carbocycles. The van der Waals surface area contributed by atoms with Gasteiger partial charge in [0.15, 0.2) is 0 Å². The van der Waals surface area contributed by atoms with Gasteiger partial charge in [0.1, 0.15) is 0 Å². The van der Waals surface area contributed by atoms with Gasteiger partial charge in [0.2, 0.25) is 0 Å². The Morgan fingerprint density at radius 1 is 1.35 bits per heavy atom. The fourth-order valence-corrected chi connectivity index (χ4v) is 2.54. The van der Waals surface area contributed by atoms with Gasteiger partial charge in [0.25, 0.3) is 0 Å². The Kier molecular flexibility index (Phi) is 4.17. The van der Waals surface area contributed by atoms with E-state index in [0.29, 0.717) is 12.3 Å². The Hall–Kier alpha value is -1.33. The first-order valence-electron chi connectivity index (χ1n) is 6.44. The minimum atomic E-state index is 0.622. The van der Waals surface area contributed by atoms with Crippen molar-refractivity contribution < 1.29 is 0 Å². The van der Waals surface area contributed by atoms with Gasteiger partial charge in [-0.05, 0) is 56.4 Å². The van der Waals surface area contributed by atoms with Crippen molar-refractivity contribution >= 4 is 0 Å². The Balaban J connectivity index is 2.03. The summed E-state index contributed by atoms with van der Waals surface area (Å²) >= 11 is 0. The average Bonchev–Trinajstić information content (AvgIpc) is 2.37. The average molecular weight is 228 g/mol. The smallest absolute Gasteiger partial charge is 0.0625 e. The van der Waals surface area contributed by atoms with Crippen molar-refractivity contribution in [2.24, 2.45) is 0 Å². The van der Waals surface area contributed by atoms with Crippen molar-refractivity contribution in [3.63, 3.8) is 0 Å². The van der Waals surface area contributed by atoms with Crippen LogP contribution in [0.25, 0.3) is 0 Å². The van der Waals surface area contributed by atoms with Crippen LogP contribution in [-0.2, 0) is 6.42 Å². The summed E-state index contributed by atoms with van der Waals surface area (Å²) in [6.07, 6.45) is 4.03. The molecule has 0 amide bonds. The molecule has 0 spiro atoms. The van der Waals surface area contributed by atoms with Crippen molar-refractivity contribution in [1.29, 1.82) is 5.26 Å². The maximum Gasteiger partial charge on any atom is 0.0625 e. The van der Waals surface area contributed by atoms with Gasteiger partial charge < -0.3 is 4.90 Å². The highest BCUT2D eigenvalue weighted by molar-refractivity contribution is 5.27. The van der Waals surface area contributed by atoms with Crippen LogP contribution in [0, 0.1) is 11.3 Å². The Morgan fingerprint density at radius 3 is 2.82 bits per heavy atom. The summed E-state index contributed by atoms with van der Waals surface area (Å²) in [5.74, 6) is 0.716. The van der Waals surface area contributed by atoms with Crippen LogP contribution in [0.5, 0.6) is 0 Å². The van der Waals surface area contributed by atoms with Gasteiger partial charge in [-0.3, -0.25) is 0 Å². The van der Waals surface area contributed by atoms with Crippen molar-refractivity contribution in [2.75, 3.05) is 20.1 Å². The number of benzene rings is 1. The molecule has 1 heterocycles. The van der Waals surface area contributed by atoms with Crippen LogP contribution in [0.15, 0.2) is 24.3 Å². The number of nitrogens with zero attached hydrogens (tertiary/aromatic N) is 2. The molecule has 1 aliphatic heterocycles. The molecule has 2 heteroatoms. The minimum Gasteiger partial charge on any atom is -0.306 e.